The standard InChI is InChI=1S/C13H18N2/c14-9-10-1-3-11(4-2-10)12-5-7-13(15)8-6-12/h5-11,14H,1-4,15H2. The van der Waals surface area contributed by atoms with Crippen molar-refractivity contribution in [2.45, 2.75) is 31.6 Å². The number of benzene rings is 1. The molecule has 1 aromatic carbocycles. The van der Waals surface area contributed by atoms with E-state index in [4.69, 9.17) is 11.1 Å². The van der Waals surface area contributed by atoms with Gasteiger partial charge in [-0.2, -0.15) is 0 Å². The second-order valence-corrected chi connectivity index (χ2v) is 4.45. The van der Waals surface area contributed by atoms with Crippen LogP contribution in [0.5, 0.6) is 0 Å². The molecule has 1 aliphatic rings. The minimum atomic E-state index is 0.523. The number of nitrogens with two attached hydrogens (primary N) is 1. The van der Waals surface area contributed by atoms with Gasteiger partial charge >= 0.3 is 0 Å². The van der Waals surface area contributed by atoms with E-state index in [9.17, 15) is 0 Å². The maximum Gasteiger partial charge on any atom is 0.0314 e. The molecule has 80 valence electrons. The summed E-state index contributed by atoms with van der Waals surface area (Å²) in [4.78, 5) is 0. The summed E-state index contributed by atoms with van der Waals surface area (Å²) in [7, 11) is 0. The van der Waals surface area contributed by atoms with E-state index in [0.717, 1.165) is 5.69 Å². The summed E-state index contributed by atoms with van der Waals surface area (Å²) < 4.78 is 0. The molecule has 1 fully saturated rings. The highest BCUT2D eigenvalue weighted by Crippen LogP contribution is 2.35. The zero-order valence-corrected chi connectivity index (χ0v) is 8.95. The van der Waals surface area contributed by atoms with E-state index in [1.807, 2.05) is 12.1 Å². The third kappa shape index (κ3) is 2.38. The van der Waals surface area contributed by atoms with Gasteiger partial charge in [0.2, 0.25) is 0 Å². The lowest BCUT2D eigenvalue weighted by Gasteiger charge is -2.26. The fourth-order valence-electron chi connectivity index (χ4n) is 2.39. The Morgan fingerprint density at radius 1 is 1.07 bits per heavy atom. The molecule has 0 radical (unpaired) electrons. The molecule has 2 rings (SSSR count). The van der Waals surface area contributed by atoms with Crippen molar-refractivity contribution in [1.29, 1.82) is 5.41 Å². The molecule has 1 aromatic rings. The summed E-state index contributed by atoms with van der Waals surface area (Å²) in [6, 6.07) is 8.26. The van der Waals surface area contributed by atoms with Crippen LogP contribution in [0.1, 0.15) is 37.2 Å². The maximum atomic E-state index is 7.25. The first-order valence-electron chi connectivity index (χ1n) is 5.65. The van der Waals surface area contributed by atoms with E-state index in [2.05, 4.69) is 12.1 Å². The second kappa shape index (κ2) is 4.47. The molecular weight excluding hydrogens is 184 g/mol. The van der Waals surface area contributed by atoms with Gasteiger partial charge in [-0.3, -0.25) is 0 Å². The van der Waals surface area contributed by atoms with Crippen molar-refractivity contribution in [1.82, 2.24) is 0 Å². The number of anilines is 1. The average molecular weight is 202 g/mol. The highest BCUT2D eigenvalue weighted by molar-refractivity contribution is 5.56. The van der Waals surface area contributed by atoms with Crippen LogP contribution < -0.4 is 5.73 Å². The summed E-state index contributed by atoms with van der Waals surface area (Å²) in [6.45, 7) is 0. The van der Waals surface area contributed by atoms with Crippen LogP contribution in [0.25, 0.3) is 0 Å². The fraction of sp³-hybridized carbons (Fsp3) is 0.462. The number of hydrogen-bond donors (Lipinski definition) is 2. The van der Waals surface area contributed by atoms with E-state index < -0.39 is 0 Å². The Morgan fingerprint density at radius 3 is 2.20 bits per heavy atom. The SMILES string of the molecule is N=CC1CCC(c2ccc(N)cc2)CC1. The van der Waals surface area contributed by atoms with E-state index >= 15 is 0 Å². The summed E-state index contributed by atoms with van der Waals surface area (Å²) in [5, 5.41) is 7.25. The molecule has 3 N–H and O–H groups in total. The van der Waals surface area contributed by atoms with Crippen LogP contribution >= 0.6 is 0 Å². The molecule has 0 spiro atoms. The molecule has 0 aliphatic heterocycles. The molecule has 2 nitrogen and oxygen atoms in total. The molecule has 0 amide bonds. The van der Waals surface area contributed by atoms with Gasteiger partial charge < -0.3 is 11.1 Å². The Balaban J connectivity index is 2.01. The van der Waals surface area contributed by atoms with E-state index in [0.29, 0.717) is 11.8 Å². The summed E-state index contributed by atoms with van der Waals surface area (Å²) in [5.41, 5.74) is 7.92. The molecule has 0 aromatic heterocycles. The van der Waals surface area contributed by atoms with Gasteiger partial charge in [-0.05, 0) is 61.4 Å². The topological polar surface area (TPSA) is 49.9 Å². The van der Waals surface area contributed by atoms with Crippen LogP contribution in [0.4, 0.5) is 5.69 Å². The minimum Gasteiger partial charge on any atom is -0.399 e. The van der Waals surface area contributed by atoms with Crippen molar-refractivity contribution >= 4 is 11.9 Å². The van der Waals surface area contributed by atoms with Gasteiger partial charge in [0.15, 0.2) is 0 Å². The quantitative estimate of drug-likeness (QED) is 0.561. The van der Waals surface area contributed by atoms with Gasteiger partial charge in [-0.15, -0.1) is 0 Å². The predicted molar refractivity (Wildman–Crippen MR) is 64.3 cm³/mol. The normalized spacial score (nSPS) is 26.1. The highest BCUT2D eigenvalue weighted by Gasteiger charge is 2.20. The van der Waals surface area contributed by atoms with Crippen molar-refractivity contribution in [2.24, 2.45) is 5.92 Å². The van der Waals surface area contributed by atoms with Crippen LogP contribution in [0, 0.1) is 11.3 Å². The predicted octanol–water partition coefficient (Wildman–Crippen LogP) is 3.19. The van der Waals surface area contributed by atoms with Gasteiger partial charge in [0, 0.05) is 5.69 Å². The lowest BCUT2D eigenvalue weighted by Crippen LogP contribution is -2.13. The zero-order valence-electron chi connectivity index (χ0n) is 8.95. The number of nitrogen functional groups attached to an aromatic ring is 1. The summed E-state index contributed by atoms with van der Waals surface area (Å²) in [6.07, 6.45) is 6.37. The molecule has 0 unspecified atom stereocenters. The molecular formula is C13H18N2. The van der Waals surface area contributed by atoms with E-state index in [-0.39, 0.29) is 0 Å². The molecule has 0 saturated heterocycles. The minimum absolute atomic E-state index is 0.523. The van der Waals surface area contributed by atoms with Crippen molar-refractivity contribution in [3.05, 3.63) is 29.8 Å². The largest absolute Gasteiger partial charge is 0.399 e. The molecule has 0 heterocycles. The van der Waals surface area contributed by atoms with Gasteiger partial charge in [0.25, 0.3) is 0 Å². The first-order chi connectivity index (χ1) is 7.29. The number of nitrogens with one attached hydrogen (secondary N) is 1. The first-order valence-corrected chi connectivity index (χ1v) is 5.65. The second-order valence-electron chi connectivity index (χ2n) is 4.45. The van der Waals surface area contributed by atoms with Crippen molar-refractivity contribution in [3.8, 4) is 0 Å². The smallest absolute Gasteiger partial charge is 0.0314 e. The van der Waals surface area contributed by atoms with Crippen molar-refractivity contribution < 1.29 is 0 Å². The monoisotopic (exact) mass is 202 g/mol. The molecule has 0 bridgehead atoms. The lowest BCUT2D eigenvalue weighted by atomic mass is 9.79. The average Bonchev–Trinajstić information content (AvgIpc) is 2.30. The summed E-state index contributed by atoms with van der Waals surface area (Å²) >= 11 is 0. The Morgan fingerprint density at radius 2 is 1.67 bits per heavy atom. The molecule has 1 saturated carbocycles. The van der Waals surface area contributed by atoms with Crippen molar-refractivity contribution in [2.75, 3.05) is 5.73 Å². The van der Waals surface area contributed by atoms with E-state index in [1.165, 1.54) is 31.2 Å². The molecule has 2 heteroatoms. The maximum absolute atomic E-state index is 7.25. The Kier molecular flexibility index (Phi) is 3.05. The lowest BCUT2D eigenvalue weighted by molar-refractivity contribution is 0.396. The third-order valence-electron chi connectivity index (χ3n) is 3.42. The van der Waals surface area contributed by atoms with Crippen LogP contribution in [0.3, 0.4) is 0 Å². The van der Waals surface area contributed by atoms with Gasteiger partial charge in [-0.1, -0.05) is 12.1 Å². The Labute approximate surface area is 91.0 Å². The molecule has 15 heavy (non-hydrogen) atoms. The van der Waals surface area contributed by atoms with Crippen LogP contribution in [-0.2, 0) is 0 Å². The Hall–Kier alpha value is -1.31. The third-order valence-corrected chi connectivity index (χ3v) is 3.42. The zero-order chi connectivity index (χ0) is 10.7. The van der Waals surface area contributed by atoms with Crippen molar-refractivity contribution in [3.63, 3.8) is 0 Å². The van der Waals surface area contributed by atoms with Crippen LogP contribution in [0.15, 0.2) is 24.3 Å². The fourth-order valence-corrected chi connectivity index (χ4v) is 2.39. The Bertz CT molecular complexity index is 321. The summed E-state index contributed by atoms with van der Waals surface area (Å²) in [5.74, 6) is 1.21. The highest BCUT2D eigenvalue weighted by atomic mass is 14.5. The van der Waals surface area contributed by atoms with Crippen LogP contribution in [0.2, 0.25) is 0 Å². The number of rotatable bonds is 2. The van der Waals surface area contributed by atoms with Crippen LogP contribution in [-0.4, -0.2) is 6.21 Å². The van der Waals surface area contributed by atoms with Gasteiger partial charge in [-0.25, -0.2) is 0 Å². The first kappa shape index (κ1) is 10.2. The molecule has 0 atom stereocenters. The van der Waals surface area contributed by atoms with Gasteiger partial charge in [0.1, 0.15) is 0 Å². The van der Waals surface area contributed by atoms with E-state index in [1.54, 1.807) is 6.21 Å². The number of hydrogen-bond acceptors (Lipinski definition) is 2. The van der Waals surface area contributed by atoms with Gasteiger partial charge in [0.05, 0.1) is 0 Å². The molecule has 1 aliphatic carbocycles.